The van der Waals surface area contributed by atoms with Gasteiger partial charge in [0, 0.05) is 0 Å². The maximum absolute atomic E-state index is 14.3. The van der Waals surface area contributed by atoms with Crippen molar-refractivity contribution in [1.29, 1.82) is 0 Å². The molecule has 9 heteroatoms. The second kappa shape index (κ2) is 7.38. The second-order valence-electron chi connectivity index (χ2n) is 6.40. The predicted molar refractivity (Wildman–Crippen MR) is 95.7 cm³/mol. The molecular weight excluding hydrogens is 476 g/mol. The van der Waals surface area contributed by atoms with Crippen LogP contribution in [0.2, 0.25) is 0 Å². The van der Waals surface area contributed by atoms with Gasteiger partial charge >= 0.3 is 151 Å². The molecule has 0 spiro atoms. The first-order valence-corrected chi connectivity index (χ1v) is 14.6. The van der Waals surface area contributed by atoms with E-state index in [1.165, 1.54) is 0 Å². The van der Waals surface area contributed by atoms with Crippen molar-refractivity contribution in [2.45, 2.75) is 48.7 Å². The Labute approximate surface area is 151 Å². The Kier molecular flexibility index (Phi) is 5.75. The molecule has 1 N–H and O–H groups in total. The number of hydrogen-bond acceptors (Lipinski definition) is 1. The predicted octanol–water partition coefficient (Wildman–Crippen LogP) is 5.29. The van der Waals surface area contributed by atoms with Crippen molar-refractivity contribution >= 4 is 26.6 Å². The van der Waals surface area contributed by atoms with E-state index in [9.17, 15) is 26.2 Å². The number of halogens is 6. The minimum atomic E-state index is -4.94. The molecule has 3 rings (SSSR count). The molecule has 25 heavy (non-hydrogen) atoms. The van der Waals surface area contributed by atoms with Crippen LogP contribution in [0, 0.1) is 17.6 Å². The second-order valence-corrected chi connectivity index (χ2v) is 16.8. The van der Waals surface area contributed by atoms with Gasteiger partial charge in [0.2, 0.25) is 0 Å². The fourth-order valence-corrected chi connectivity index (χ4v) is 15.3. The van der Waals surface area contributed by atoms with E-state index in [2.05, 4.69) is 11.6 Å². The molecular formula is C16H19F5INOS. The van der Waals surface area contributed by atoms with Crippen LogP contribution in [0.4, 0.5) is 22.0 Å². The third-order valence-electron chi connectivity index (χ3n) is 4.38. The van der Waals surface area contributed by atoms with Gasteiger partial charge in [-0.15, -0.1) is 0 Å². The Balaban J connectivity index is 1.80. The quantitative estimate of drug-likeness (QED) is 0.237. The van der Waals surface area contributed by atoms with Crippen LogP contribution < -0.4 is 4.72 Å². The van der Waals surface area contributed by atoms with Crippen molar-refractivity contribution < 1.29 is 26.2 Å². The summed E-state index contributed by atoms with van der Waals surface area (Å²) >= 11 is -1.62. The molecule has 1 aromatic carbocycles. The summed E-state index contributed by atoms with van der Waals surface area (Å²) in [5, 5.41) is 0. The van der Waals surface area contributed by atoms with Crippen molar-refractivity contribution in [2.75, 3.05) is 4.43 Å². The molecule has 142 valence electrons. The SMILES string of the molecule is CCCC1CI1S(=O)N[C@H](c1cc(F)c(C(F)(F)F)cc1F)C1CC1. The molecule has 2 unspecified atom stereocenters. The molecule has 0 bridgehead atoms. The zero-order chi connectivity index (χ0) is 18.4. The summed E-state index contributed by atoms with van der Waals surface area (Å²) < 4.78 is 83.2. The van der Waals surface area contributed by atoms with E-state index in [0.29, 0.717) is 9.99 Å². The number of nitrogens with one attached hydrogen (secondary N) is 1. The third kappa shape index (κ3) is 4.52. The molecule has 0 amide bonds. The molecule has 1 heterocycles. The van der Waals surface area contributed by atoms with Gasteiger partial charge in [0.25, 0.3) is 0 Å². The van der Waals surface area contributed by atoms with E-state index in [-0.39, 0.29) is 17.5 Å². The number of rotatable bonds is 7. The van der Waals surface area contributed by atoms with Crippen molar-refractivity contribution in [1.82, 2.24) is 4.72 Å². The van der Waals surface area contributed by atoms with Gasteiger partial charge in [-0.05, 0) is 0 Å². The maximum atomic E-state index is 14.3. The molecule has 1 saturated carbocycles. The minimum absolute atomic E-state index is 0.00460. The van der Waals surface area contributed by atoms with E-state index < -0.39 is 56.0 Å². The Bertz CT molecular complexity index is 679. The van der Waals surface area contributed by atoms with Gasteiger partial charge in [-0.3, -0.25) is 0 Å². The van der Waals surface area contributed by atoms with Gasteiger partial charge < -0.3 is 0 Å². The monoisotopic (exact) mass is 495 g/mol. The molecule has 2 aliphatic rings. The van der Waals surface area contributed by atoms with Crippen LogP contribution in [0.1, 0.15) is 49.8 Å². The zero-order valence-corrected chi connectivity index (χ0v) is 16.5. The van der Waals surface area contributed by atoms with Crippen LogP contribution in [-0.2, 0) is 14.3 Å². The first-order valence-electron chi connectivity index (χ1n) is 8.11. The van der Waals surface area contributed by atoms with Gasteiger partial charge in [0.05, 0.1) is 0 Å². The van der Waals surface area contributed by atoms with E-state index in [1.54, 1.807) is 0 Å². The Morgan fingerprint density at radius 1 is 1.28 bits per heavy atom. The molecule has 1 aliphatic carbocycles. The molecule has 2 fully saturated rings. The Morgan fingerprint density at radius 2 is 1.96 bits per heavy atom. The first-order chi connectivity index (χ1) is 11.7. The Morgan fingerprint density at radius 3 is 2.52 bits per heavy atom. The fraction of sp³-hybridized carbons (Fsp3) is 0.625. The first kappa shape index (κ1) is 19.5. The summed E-state index contributed by atoms with van der Waals surface area (Å²) in [6.45, 7) is 2.07. The van der Waals surface area contributed by atoms with Crippen molar-refractivity contribution in [3.8, 4) is 0 Å². The van der Waals surface area contributed by atoms with E-state index in [4.69, 9.17) is 0 Å². The number of benzene rings is 1. The molecule has 0 radical (unpaired) electrons. The van der Waals surface area contributed by atoms with Crippen LogP contribution in [0.3, 0.4) is 0 Å². The van der Waals surface area contributed by atoms with Gasteiger partial charge in [0.15, 0.2) is 0 Å². The van der Waals surface area contributed by atoms with Crippen molar-refractivity contribution in [2.24, 2.45) is 5.92 Å². The molecule has 1 saturated heterocycles. The van der Waals surface area contributed by atoms with E-state index in [1.807, 2.05) is 0 Å². The summed E-state index contributed by atoms with van der Waals surface area (Å²) in [5.41, 5.74) is -1.75. The van der Waals surface area contributed by atoms with Gasteiger partial charge in [-0.2, -0.15) is 0 Å². The average Bonchev–Trinajstić information content (AvgIpc) is 3.40. The average molecular weight is 495 g/mol. The fourth-order valence-electron chi connectivity index (χ4n) is 2.83. The molecule has 3 atom stereocenters. The molecule has 0 aromatic heterocycles. The molecule has 2 nitrogen and oxygen atoms in total. The standard InChI is InChI=1S/C16H19F5INOS/c1-2-3-10-8-22(10)25(24)23-15(9-4-5-9)11-6-14(18)12(7-13(11)17)16(19,20)21/h6-7,9-10,15,23H,2-5,8H2,1H3/t10?,15-,25?/m0/s1. The van der Waals surface area contributed by atoms with Crippen LogP contribution in [0.5, 0.6) is 0 Å². The summed E-state index contributed by atoms with van der Waals surface area (Å²) in [6, 6.07) is 0.143. The number of alkyl halides is 5. The summed E-state index contributed by atoms with van der Waals surface area (Å²) in [6.07, 6.45) is -1.34. The molecule has 1 aliphatic heterocycles. The van der Waals surface area contributed by atoms with Crippen LogP contribution >= 0.6 is 18.4 Å². The van der Waals surface area contributed by atoms with Gasteiger partial charge in [-0.25, -0.2) is 0 Å². The number of hydrogen-bond donors (Lipinski definition) is 1. The van der Waals surface area contributed by atoms with Crippen molar-refractivity contribution in [3.63, 3.8) is 0 Å². The van der Waals surface area contributed by atoms with E-state index in [0.717, 1.165) is 30.1 Å². The van der Waals surface area contributed by atoms with Crippen LogP contribution in [-0.4, -0.2) is 12.6 Å². The van der Waals surface area contributed by atoms with Gasteiger partial charge in [0.1, 0.15) is 0 Å². The summed E-state index contributed by atoms with van der Waals surface area (Å²) in [7, 11) is -1.25. The van der Waals surface area contributed by atoms with Crippen LogP contribution in [0.15, 0.2) is 12.1 Å². The summed E-state index contributed by atoms with van der Waals surface area (Å²) in [5.74, 6) is -2.59. The normalized spacial score (nSPS) is 24.2. The van der Waals surface area contributed by atoms with E-state index >= 15 is 0 Å². The third-order valence-corrected chi connectivity index (χ3v) is 15.4. The zero-order valence-electron chi connectivity index (χ0n) is 13.5. The summed E-state index contributed by atoms with van der Waals surface area (Å²) in [4.78, 5) is 0. The molecule has 1 aromatic rings. The van der Waals surface area contributed by atoms with Crippen LogP contribution in [0.25, 0.3) is 0 Å². The topological polar surface area (TPSA) is 29.1 Å². The van der Waals surface area contributed by atoms with Crippen molar-refractivity contribution in [3.05, 3.63) is 34.9 Å². The van der Waals surface area contributed by atoms with Gasteiger partial charge in [-0.1, -0.05) is 0 Å². The Hall–Kier alpha value is -0.290.